The second-order valence-electron chi connectivity index (χ2n) is 2.02. The van der Waals surface area contributed by atoms with Crippen molar-refractivity contribution in [3.63, 3.8) is 0 Å². The molecule has 0 amide bonds. The van der Waals surface area contributed by atoms with Gasteiger partial charge in [0.2, 0.25) is 0 Å². The van der Waals surface area contributed by atoms with Crippen LogP contribution in [0.3, 0.4) is 0 Å². The molecule has 0 aromatic rings. The fourth-order valence-corrected chi connectivity index (χ4v) is 0.421. The molecule has 58 valence electrons. The molecule has 0 heterocycles. The maximum absolute atomic E-state index is 10.4. The van der Waals surface area contributed by atoms with Gasteiger partial charge in [-0.2, -0.15) is 0 Å². The molecule has 1 atom stereocenters. The minimum atomic E-state index is -0.981. The third-order valence-electron chi connectivity index (χ3n) is 1.12. The van der Waals surface area contributed by atoms with E-state index in [2.05, 4.69) is 4.74 Å². The van der Waals surface area contributed by atoms with Gasteiger partial charge >= 0.3 is 11.9 Å². The van der Waals surface area contributed by atoms with Crippen molar-refractivity contribution in [3.05, 3.63) is 0 Å². The van der Waals surface area contributed by atoms with Crippen molar-refractivity contribution >= 4 is 11.9 Å². The summed E-state index contributed by atoms with van der Waals surface area (Å²) in [5, 5.41) is 8.32. The van der Waals surface area contributed by atoms with Crippen molar-refractivity contribution in [3.8, 4) is 0 Å². The minimum absolute atomic E-state index is 0.0637. The van der Waals surface area contributed by atoms with Crippen LogP contribution < -0.4 is 0 Å². The molecule has 0 aromatic heterocycles. The van der Waals surface area contributed by atoms with E-state index < -0.39 is 17.9 Å². The average Bonchev–Trinajstić information content (AvgIpc) is 1.87. The minimum Gasteiger partial charge on any atom is -0.481 e. The largest absolute Gasteiger partial charge is 0.481 e. The summed E-state index contributed by atoms with van der Waals surface area (Å²) in [6.07, 6.45) is -0.0637. The Labute approximate surface area is 58.8 Å². The van der Waals surface area contributed by atoms with Crippen LogP contribution in [0.1, 0.15) is 13.3 Å². The molecular weight excluding hydrogens is 136 g/mol. The van der Waals surface area contributed by atoms with Crippen molar-refractivity contribution in [2.24, 2.45) is 5.92 Å². The zero-order chi connectivity index (χ0) is 8.15. The Morgan fingerprint density at radius 3 is 2.40 bits per heavy atom. The first-order valence-electron chi connectivity index (χ1n) is 2.87. The van der Waals surface area contributed by atoms with Crippen LogP contribution in [0.5, 0.6) is 0 Å². The van der Waals surface area contributed by atoms with Crippen LogP contribution in [-0.4, -0.2) is 24.2 Å². The van der Waals surface area contributed by atoms with Crippen molar-refractivity contribution in [2.45, 2.75) is 13.3 Å². The third-order valence-corrected chi connectivity index (χ3v) is 1.12. The van der Waals surface area contributed by atoms with Gasteiger partial charge in [0.05, 0.1) is 19.4 Å². The number of carboxylic acid groups (broad SMARTS) is 1. The van der Waals surface area contributed by atoms with Gasteiger partial charge in [-0.3, -0.25) is 9.59 Å². The molecule has 0 saturated carbocycles. The van der Waals surface area contributed by atoms with Gasteiger partial charge in [-0.25, -0.2) is 0 Å². The molecule has 1 unspecified atom stereocenters. The first kappa shape index (κ1) is 8.94. The molecule has 0 bridgehead atoms. The molecule has 4 heteroatoms. The molecule has 0 aliphatic heterocycles. The number of hydrogen-bond acceptors (Lipinski definition) is 3. The van der Waals surface area contributed by atoms with E-state index in [1.54, 1.807) is 0 Å². The van der Waals surface area contributed by atoms with Gasteiger partial charge < -0.3 is 9.84 Å². The van der Waals surface area contributed by atoms with Crippen LogP contribution in [0, 0.1) is 5.92 Å². The lowest BCUT2D eigenvalue weighted by atomic mass is 10.1. The molecule has 0 aromatic carbocycles. The third kappa shape index (κ3) is 3.06. The Bertz CT molecular complexity index is 141. The number of carboxylic acids is 1. The molecular formula is C6H10O4. The van der Waals surface area contributed by atoms with E-state index in [1.165, 1.54) is 14.0 Å². The maximum Gasteiger partial charge on any atom is 0.306 e. The van der Waals surface area contributed by atoms with Crippen LogP contribution >= 0.6 is 0 Å². The number of carbonyl (C=O) groups excluding carboxylic acids is 1. The Balaban J connectivity index is 3.68. The topological polar surface area (TPSA) is 63.6 Å². The lowest BCUT2D eigenvalue weighted by Crippen LogP contribution is -2.15. The number of ether oxygens (including phenoxy) is 1. The van der Waals surface area contributed by atoms with Crippen LogP contribution in [0.4, 0.5) is 0 Å². The van der Waals surface area contributed by atoms with E-state index >= 15 is 0 Å². The first-order valence-corrected chi connectivity index (χ1v) is 2.87. The van der Waals surface area contributed by atoms with Gasteiger partial charge in [0.1, 0.15) is 0 Å². The first-order chi connectivity index (χ1) is 4.57. The highest BCUT2D eigenvalue weighted by molar-refractivity contribution is 5.78. The molecule has 10 heavy (non-hydrogen) atoms. The highest BCUT2D eigenvalue weighted by Crippen LogP contribution is 2.01. The van der Waals surface area contributed by atoms with Gasteiger partial charge in [0.15, 0.2) is 0 Å². The number of hydrogen-bond donors (Lipinski definition) is 1. The average molecular weight is 146 g/mol. The lowest BCUT2D eigenvalue weighted by molar-refractivity contribution is -0.149. The second-order valence-corrected chi connectivity index (χ2v) is 2.02. The van der Waals surface area contributed by atoms with Crippen LogP contribution in [0.25, 0.3) is 0 Å². The van der Waals surface area contributed by atoms with E-state index in [-0.39, 0.29) is 6.42 Å². The summed E-state index contributed by atoms with van der Waals surface area (Å²) in [5.41, 5.74) is 0. The van der Waals surface area contributed by atoms with Gasteiger partial charge in [0.25, 0.3) is 0 Å². The van der Waals surface area contributed by atoms with Crippen molar-refractivity contribution in [1.82, 2.24) is 0 Å². The molecule has 0 radical (unpaired) electrons. The zero-order valence-corrected chi connectivity index (χ0v) is 5.96. The number of aliphatic carboxylic acids is 1. The molecule has 0 aliphatic carbocycles. The van der Waals surface area contributed by atoms with Gasteiger partial charge in [-0.05, 0) is 0 Å². The SMILES string of the molecule is COC(=O)CC(C)C(=O)O. The Morgan fingerprint density at radius 2 is 2.10 bits per heavy atom. The summed E-state index contributed by atoms with van der Waals surface area (Å²) < 4.78 is 4.27. The summed E-state index contributed by atoms with van der Waals surface area (Å²) in [4.78, 5) is 20.6. The fourth-order valence-electron chi connectivity index (χ4n) is 0.421. The number of esters is 1. The molecule has 0 rings (SSSR count). The second kappa shape index (κ2) is 3.87. The van der Waals surface area contributed by atoms with Crippen LogP contribution in [0.2, 0.25) is 0 Å². The van der Waals surface area contributed by atoms with E-state index in [9.17, 15) is 9.59 Å². The summed E-state index contributed by atoms with van der Waals surface area (Å²) in [5.74, 6) is -2.13. The predicted octanol–water partition coefficient (Wildman–Crippen LogP) is 0.270. The summed E-state index contributed by atoms with van der Waals surface area (Å²) >= 11 is 0. The normalized spacial score (nSPS) is 12.2. The Hall–Kier alpha value is -1.06. The molecule has 0 saturated heterocycles. The van der Waals surface area contributed by atoms with Crippen LogP contribution in [0.15, 0.2) is 0 Å². The van der Waals surface area contributed by atoms with Crippen LogP contribution in [-0.2, 0) is 14.3 Å². The Morgan fingerprint density at radius 1 is 1.60 bits per heavy atom. The quantitative estimate of drug-likeness (QED) is 0.580. The number of carbonyl (C=O) groups is 2. The van der Waals surface area contributed by atoms with Crippen molar-refractivity contribution < 1.29 is 19.4 Å². The van der Waals surface area contributed by atoms with Gasteiger partial charge in [-0.15, -0.1) is 0 Å². The smallest absolute Gasteiger partial charge is 0.306 e. The van der Waals surface area contributed by atoms with Crippen molar-refractivity contribution in [2.75, 3.05) is 7.11 Å². The lowest BCUT2D eigenvalue weighted by Gasteiger charge is -2.02. The highest BCUT2D eigenvalue weighted by atomic mass is 16.5. The number of rotatable bonds is 3. The standard InChI is InChI=1S/C6H10O4/c1-4(6(8)9)3-5(7)10-2/h4H,3H2,1-2H3,(H,8,9). The predicted molar refractivity (Wildman–Crippen MR) is 33.4 cm³/mol. The van der Waals surface area contributed by atoms with E-state index in [0.29, 0.717) is 0 Å². The molecule has 4 nitrogen and oxygen atoms in total. The van der Waals surface area contributed by atoms with Crippen molar-refractivity contribution in [1.29, 1.82) is 0 Å². The Kier molecular flexibility index (Phi) is 3.46. The molecule has 0 spiro atoms. The van der Waals surface area contributed by atoms with Gasteiger partial charge in [0, 0.05) is 0 Å². The summed E-state index contributed by atoms with van der Waals surface area (Å²) in [6.45, 7) is 1.46. The summed E-state index contributed by atoms with van der Waals surface area (Å²) in [6, 6.07) is 0. The van der Waals surface area contributed by atoms with E-state index in [0.717, 1.165) is 0 Å². The number of methoxy groups -OCH3 is 1. The zero-order valence-electron chi connectivity index (χ0n) is 5.96. The van der Waals surface area contributed by atoms with E-state index in [4.69, 9.17) is 5.11 Å². The molecule has 0 fully saturated rings. The summed E-state index contributed by atoms with van der Waals surface area (Å²) in [7, 11) is 1.23. The van der Waals surface area contributed by atoms with E-state index in [1.807, 2.05) is 0 Å². The van der Waals surface area contributed by atoms with Gasteiger partial charge in [-0.1, -0.05) is 6.92 Å². The highest BCUT2D eigenvalue weighted by Gasteiger charge is 2.15. The fraction of sp³-hybridized carbons (Fsp3) is 0.667. The molecule has 1 N–H and O–H groups in total. The molecule has 0 aliphatic rings. The maximum atomic E-state index is 10.4. The monoisotopic (exact) mass is 146 g/mol.